The summed E-state index contributed by atoms with van der Waals surface area (Å²) in [5, 5.41) is 5.05. The average molecular weight is 717 g/mol. The molecule has 0 saturated carbocycles. The van der Waals surface area contributed by atoms with Crippen LogP contribution in [0, 0.1) is 0 Å². The second kappa shape index (κ2) is 15.9. The van der Waals surface area contributed by atoms with E-state index in [2.05, 4.69) is 10.3 Å². The number of hydrogen-bond acceptors (Lipinski definition) is 10. The van der Waals surface area contributed by atoms with Gasteiger partial charge < -0.3 is 33.7 Å². The molecule has 0 spiro atoms. The Morgan fingerprint density at radius 3 is 1.88 bits per heavy atom. The number of hydrogen-bond donors (Lipinski definition) is 1. The molecule has 1 aromatic carbocycles. The second-order valence-electron chi connectivity index (χ2n) is 16.5. The molecule has 278 valence electrons. The van der Waals surface area contributed by atoms with E-state index in [1.165, 1.54) is 16.2 Å². The second-order valence-corrected chi connectivity index (χ2v) is 17.3. The quantitative estimate of drug-likeness (QED) is 0.143. The Hall–Kier alpha value is -3.36. The molecular weight excluding hydrogens is 659 g/mol. The number of anilines is 1. The van der Waals surface area contributed by atoms with E-state index in [4.69, 9.17) is 23.5 Å². The van der Waals surface area contributed by atoms with Crippen molar-refractivity contribution in [2.45, 2.75) is 137 Å². The number of alkyl carbamates (subject to hydrolysis) is 1. The van der Waals surface area contributed by atoms with Gasteiger partial charge in [-0.1, -0.05) is 24.3 Å². The summed E-state index contributed by atoms with van der Waals surface area (Å²) in [6.45, 7) is 25.0. The largest absolute Gasteiger partial charge is 0.494 e. The molecule has 12 nitrogen and oxygen atoms in total. The van der Waals surface area contributed by atoms with Crippen molar-refractivity contribution in [3.05, 3.63) is 41.4 Å². The molecule has 1 saturated heterocycles. The van der Waals surface area contributed by atoms with E-state index in [1.54, 1.807) is 37.2 Å². The lowest BCUT2D eigenvalue weighted by molar-refractivity contribution is 0.00578. The Bertz CT molecular complexity index is 1410. The molecule has 1 aliphatic rings. The summed E-state index contributed by atoms with van der Waals surface area (Å²) in [6, 6.07) is 7.23. The summed E-state index contributed by atoms with van der Waals surface area (Å²) in [5.41, 5.74) is -1.46. The molecular formula is C36H57BN4O8S. The van der Waals surface area contributed by atoms with Crippen LogP contribution in [-0.2, 0) is 23.5 Å². The van der Waals surface area contributed by atoms with Crippen LogP contribution in [0.2, 0.25) is 0 Å². The van der Waals surface area contributed by atoms with Gasteiger partial charge in [0.1, 0.15) is 16.8 Å². The van der Waals surface area contributed by atoms with Crippen LogP contribution in [0.4, 0.5) is 19.5 Å². The van der Waals surface area contributed by atoms with Gasteiger partial charge in [0.15, 0.2) is 5.13 Å². The number of rotatable bonds is 11. The summed E-state index contributed by atoms with van der Waals surface area (Å²) in [5.74, 6) is 0. The SMILES string of the molecule is CC(C)(C)OC(=O)NCCCN(C(=O)OC(C)(C)C)[C@@H](CCN(C(=O)OC(C)(C)C)c1nccs1)c1ccc(B2OC(C)(C)C(C)(C)O2)cc1. The highest BCUT2D eigenvalue weighted by atomic mass is 32.1. The molecule has 0 unspecified atom stereocenters. The predicted octanol–water partition coefficient (Wildman–Crippen LogP) is 7.47. The van der Waals surface area contributed by atoms with Gasteiger partial charge in [-0.25, -0.2) is 19.4 Å². The number of carbonyl (C=O) groups excluding carboxylic acids is 3. The van der Waals surface area contributed by atoms with Crippen LogP contribution in [0.15, 0.2) is 35.8 Å². The van der Waals surface area contributed by atoms with Crippen LogP contribution < -0.4 is 15.7 Å². The van der Waals surface area contributed by atoms with Gasteiger partial charge in [-0.15, -0.1) is 11.3 Å². The lowest BCUT2D eigenvalue weighted by atomic mass is 9.78. The molecule has 14 heteroatoms. The highest BCUT2D eigenvalue weighted by Gasteiger charge is 2.51. The van der Waals surface area contributed by atoms with Gasteiger partial charge in [-0.3, -0.25) is 4.90 Å². The Morgan fingerprint density at radius 2 is 1.38 bits per heavy atom. The van der Waals surface area contributed by atoms with Crippen LogP contribution in [-0.4, -0.2) is 82.9 Å². The molecule has 1 N–H and O–H groups in total. The molecule has 0 radical (unpaired) electrons. The lowest BCUT2D eigenvalue weighted by Crippen LogP contribution is -2.43. The number of carbonyl (C=O) groups is 3. The standard InChI is InChI=1S/C36H57BN4O8S/c1-32(2,3)45-29(42)39-20-14-22-40(30(43)46-33(4,5)6)27(19-23-41(28-38-21-24-50-28)31(44)47-34(7,8)9)25-15-17-26(18-16-25)37-48-35(10,11)36(12,13)49-37/h15-18,21,24,27H,14,19-20,22-23H2,1-13H3,(H,39,42)/t27-/m0/s1. The van der Waals surface area contributed by atoms with Gasteiger partial charge in [0.05, 0.1) is 17.2 Å². The average Bonchev–Trinajstić information content (AvgIpc) is 3.54. The number of aromatic nitrogens is 1. The smallest absolute Gasteiger partial charge is 0.444 e. The number of nitrogens with one attached hydrogen (secondary N) is 1. The monoisotopic (exact) mass is 716 g/mol. The van der Waals surface area contributed by atoms with Gasteiger partial charge in [0, 0.05) is 31.2 Å². The third-order valence-corrected chi connectivity index (χ3v) is 8.78. The number of nitrogens with zero attached hydrogens (tertiary/aromatic N) is 3. The van der Waals surface area contributed by atoms with E-state index >= 15 is 0 Å². The van der Waals surface area contributed by atoms with Gasteiger partial charge >= 0.3 is 25.4 Å². The first-order valence-corrected chi connectivity index (χ1v) is 18.1. The minimum Gasteiger partial charge on any atom is -0.444 e. The fraction of sp³-hybridized carbons (Fsp3) is 0.667. The van der Waals surface area contributed by atoms with Crippen molar-refractivity contribution in [3.8, 4) is 0 Å². The van der Waals surface area contributed by atoms with E-state index in [0.717, 1.165) is 11.0 Å². The van der Waals surface area contributed by atoms with Gasteiger partial charge in [0.2, 0.25) is 0 Å². The minimum atomic E-state index is -0.765. The molecule has 0 bridgehead atoms. The maximum atomic E-state index is 13.9. The first kappa shape index (κ1) is 41.1. The Kier molecular flexibility index (Phi) is 13.1. The van der Waals surface area contributed by atoms with E-state index in [9.17, 15) is 14.4 Å². The van der Waals surface area contributed by atoms with Crippen LogP contribution >= 0.6 is 11.3 Å². The van der Waals surface area contributed by atoms with Crippen molar-refractivity contribution >= 4 is 47.3 Å². The van der Waals surface area contributed by atoms with E-state index in [0.29, 0.717) is 18.0 Å². The molecule has 2 aromatic rings. The zero-order chi connectivity index (χ0) is 37.7. The van der Waals surface area contributed by atoms with Gasteiger partial charge in [-0.05, 0) is 114 Å². The van der Waals surface area contributed by atoms with Crippen LogP contribution in [0.3, 0.4) is 0 Å². The zero-order valence-corrected chi connectivity index (χ0v) is 33.0. The van der Waals surface area contributed by atoms with Crippen molar-refractivity contribution in [1.82, 2.24) is 15.2 Å². The highest BCUT2D eigenvalue weighted by Crippen LogP contribution is 2.37. The molecule has 1 aliphatic heterocycles. The molecule has 50 heavy (non-hydrogen) atoms. The predicted molar refractivity (Wildman–Crippen MR) is 197 cm³/mol. The number of benzene rings is 1. The summed E-state index contributed by atoms with van der Waals surface area (Å²) >= 11 is 1.32. The normalized spacial score (nSPS) is 16.4. The molecule has 1 fully saturated rings. The van der Waals surface area contributed by atoms with Crippen molar-refractivity contribution in [3.63, 3.8) is 0 Å². The number of thiazole rings is 1. The van der Waals surface area contributed by atoms with E-state index in [1.807, 2.05) is 93.5 Å². The summed E-state index contributed by atoms with van der Waals surface area (Å²) in [7, 11) is -0.555. The maximum Gasteiger partial charge on any atom is 0.494 e. The van der Waals surface area contributed by atoms with E-state index in [-0.39, 0.29) is 19.6 Å². The maximum absolute atomic E-state index is 13.9. The molecule has 2 heterocycles. The summed E-state index contributed by atoms with van der Waals surface area (Å²) in [4.78, 5) is 47.3. The molecule has 1 atom stereocenters. The minimum absolute atomic E-state index is 0.196. The first-order chi connectivity index (χ1) is 22.9. The summed E-state index contributed by atoms with van der Waals surface area (Å²) in [6.07, 6.45) is 0.790. The fourth-order valence-corrected chi connectivity index (χ4v) is 5.65. The van der Waals surface area contributed by atoms with Gasteiger partial charge in [0.25, 0.3) is 0 Å². The van der Waals surface area contributed by atoms with Crippen molar-refractivity contribution in [2.24, 2.45) is 0 Å². The summed E-state index contributed by atoms with van der Waals surface area (Å²) < 4.78 is 29.6. The molecule has 3 amide bonds. The van der Waals surface area contributed by atoms with E-state index < -0.39 is 59.4 Å². The Morgan fingerprint density at radius 1 is 0.840 bits per heavy atom. The van der Waals surface area contributed by atoms with Crippen LogP contribution in [0.5, 0.6) is 0 Å². The fourth-order valence-electron chi connectivity index (χ4n) is 4.99. The lowest BCUT2D eigenvalue weighted by Gasteiger charge is -2.35. The van der Waals surface area contributed by atoms with Crippen molar-refractivity contribution < 1.29 is 37.9 Å². The zero-order valence-electron chi connectivity index (χ0n) is 32.2. The van der Waals surface area contributed by atoms with Gasteiger partial charge in [-0.2, -0.15) is 0 Å². The third-order valence-electron chi connectivity index (χ3n) is 7.99. The Balaban J connectivity index is 1.97. The topological polar surface area (TPSA) is 129 Å². The molecule has 1 aromatic heterocycles. The van der Waals surface area contributed by atoms with Crippen molar-refractivity contribution in [2.75, 3.05) is 24.5 Å². The highest BCUT2D eigenvalue weighted by molar-refractivity contribution is 7.13. The van der Waals surface area contributed by atoms with Crippen molar-refractivity contribution in [1.29, 1.82) is 0 Å². The van der Waals surface area contributed by atoms with Crippen LogP contribution in [0.25, 0.3) is 0 Å². The third kappa shape index (κ3) is 12.2. The number of ether oxygens (including phenoxy) is 3. The molecule has 0 aliphatic carbocycles. The molecule has 3 rings (SSSR count). The van der Waals surface area contributed by atoms with Crippen LogP contribution in [0.1, 0.15) is 114 Å². The number of amides is 3. The first-order valence-electron chi connectivity index (χ1n) is 17.2. The Labute approximate surface area is 302 Å².